The van der Waals surface area contributed by atoms with Crippen LogP contribution in [0, 0.1) is 0 Å². The van der Waals surface area contributed by atoms with E-state index in [2.05, 4.69) is 15.3 Å². The molecule has 0 aliphatic carbocycles. The second-order valence-corrected chi connectivity index (χ2v) is 4.86. The summed E-state index contributed by atoms with van der Waals surface area (Å²) in [7, 11) is 0. The number of carbonyl (C=O) groups excluding carboxylic acids is 1. The summed E-state index contributed by atoms with van der Waals surface area (Å²) in [6.45, 7) is -0.0668. The van der Waals surface area contributed by atoms with Crippen LogP contribution in [0.1, 0.15) is 0 Å². The average Bonchev–Trinajstić information content (AvgIpc) is 2.94. The molecular formula is C15H12ClN3O2. The first-order chi connectivity index (χ1) is 10.2. The fourth-order valence-corrected chi connectivity index (χ4v) is 2.02. The molecule has 0 aliphatic heterocycles. The Hall–Kier alpha value is -2.53. The highest BCUT2D eigenvalue weighted by Gasteiger charge is 2.05. The van der Waals surface area contributed by atoms with Crippen molar-refractivity contribution in [1.82, 2.24) is 9.97 Å². The van der Waals surface area contributed by atoms with Gasteiger partial charge >= 0.3 is 0 Å². The Morgan fingerprint density at radius 3 is 2.86 bits per heavy atom. The number of amides is 1. The SMILES string of the molecule is O=C(COc1ccc(Cl)cc1)Nc1ccc2nc[nH]c2c1. The van der Waals surface area contributed by atoms with Crippen molar-refractivity contribution in [2.45, 2.75) is 0 Å². The predicted molar refractivity (Wildman–Crippen MR) is 81.7 cm³/mol. The lowest BCUT2D eigenvalue weighted by atomic mass is 10.3. The Bertz CT molecular complexity index is 768. The number of nitrogens with one attached hydrogen (secondary N) is 2. The molecule has 21 heavy (non-hydrogen) atoms. The molecule has 0 spiro atoms. The highest BCUT2D eigenvalue weighted by molar-refractivity contribution is 6.30. The van der Waals surface area contributed by atoms with Gasteiger partial charge in [0, 0.05) is 10.7 Å². The monoisotopic (exact) mass is 301 g/mol. The molecule has 1 heterocycles. The lowest BCUT2D eigenvalue weighted by Gasteiger charge is -2.07. The van der Waals surface area contributed by atoms with Gasteiger partial charge in [-0.25, -0.2) is 4.98 Å². The molecule has 1 amide bonds. The van der Waals surface area contributed by atoms with Crippen LogP contribution in [0.3, 0.4) is 0 Å². The van der Waals surface area contributed by atoms with Crippen LogP contribution in [-0.2, 0) is 4.79 Å². The number of hydrogen-bond acceptors (Lipinski definition) is 3. The van der Waals surface area contributed by atoms with Crippen LogP contribution in [0.4, 0.5) is 5.69 Å². The standard InChI is InChI=1S/C15H12ClN3O2/c16-10-1-4-12(5-2-10)21-8-15(20)19-11-3-6-13-14(7-11)18-9-17-13/h1-7,9H,8H2,(H,17,18)(H,19,20). The van der Waals surface area contributed by atoms with E-state index in [4.69, 9.17) is 16.3 Å². The number of H-pyrrole nitrogens is 1. The number of fused-ring (bicyclic) bond motifs is 1. The third-order valence-electron chi connectivity index (χ3n) is 2.89. The highest BCUT2D eigenvalue weighted by Crippen LogP contribution is 2.17. The van der Waals surface area contributed by atoms with E-state index >= 15 is 0 Å². The van der Waals surface area contributed by atoms with Crippen molar-refractivity contribution in [1.29, 1.82) is 0 Å². The first kappa shape index (κ1) is 13.5. The summed E-state index contributed by atoms with van der Waals surface area (Å²) in [5, 5.41) is 3.39. The van der Waals surface area contributed by atoms with Gasteiger partial charge in [-0.3, -0.25) is 4.79 Å². The molecule has 0 radical (unpaired) electrons. The summed E-state index contributed by atoms with van der Waals surface area (Å²) in [5.74, 6) is 0.363. The Balaban J connectivity index is 1.59. The summed E-state index contributed by atoms with van der Waals surface area (Å²) in [5.41, 5.74) is 2.41. The molecule has 106 valence electrons. The lowest BCUT2D eigenvalue weighted by Crippen LogP contribution is -2.20. The van der Waals surface area contributed by atoms with E-state index in [9.17, 15) is 4.79 Å². The summed E-state index contributed by atoms with van der Waals surface area (Å²) in [4.78, 5) is 18.9. The second-order valence-electron chi connectivity index (χ2n) is 4.43. The number of aromatic nitrogens is 2. The van der Waals surface area contributed by atoms with Crippen molar-refractivity contribution in [3.05, 3.63) is 53.8 Å². The van der Waals surface area contributed by atoms with Crippen LogP contribution < -0.4 is 10.1 Å². The van der Waals surface area contributed by atoms with E-state index in [-0.39, 0.29) is 12.5 Å². The molecule has 0 bridgehead atoms. The normalized spacial score (nSPS) is 10.5. The Morgan fingerprint density at radius 2 is 2.05 bits per heavy atom. The van der Waals surface area contributed by atoms with Gasteiger partial charge in [0.05, 0.1) is 17.4 Å². The van der Waals surface area contributed by atoms with Gasteiger partial charge < -0.3 is 15.0 Å². The number of imidazole rings is 1. The van der Waals surface area contributed by atoms with Gasteiger partial charge in [0.25, 0.3) is 5.91 Å². The Labute approximate surface area is 125 Å². The van der Waals surface area contributed by atoms with Crippen molar-refractivity contribution in [3.8, 4) is 5.75 Å². The zero-order chi connectivity index (χ0) is 14.7. The summed E-state index contributed by atoms with van der Waals surface area (Å²) < 4.78 is 5.38. The number of hydrogen-bond donors (Lipinski definition) is 2. The Kier molecular flexibility index (Phi) is 3.75. The Morgan fingerprint density at radius 1 is 1.24 bits per heavy atom. The molecule has 6 heteroatoms. The summed E-state index contributed by atoms with van der Waals surface area (Å²) >= 11 is 5.78. The maximum absolute atomic E-state index is 11.8. The molecule has 0 aliphatic rings. The molecule has 5 nitrogen and oxygen atoms in total. The van der Waals surface area contributed by atoms with E-state index < -0.39 is 0 Å². The first-order valence-electron chi connectivity index (χ1n) is 6.32. The third kappa shape index (κ3) is 3.32. The van der Waals surface area contributed by atoms with E-state index in [0.717, 1.165) is 11.0 Å². The van der Waals surface area contributed by atoms with Gasteiger partial charge in [0.1, 0.15) is 5.75 Å². The maximum atomic E-state index is 11.8. The quantitative estimate of drug-likeness (QED) is 0.777. The van der Waals surface area contributed by atoms with Crippen molar-refractivity contribution < 1.29 is 9.53 Å². The van der Waals surface area contributed by atoms with Crippen LogP contribution in [-0.4, -0.2) is 22.5 Å². The van der Waals surface area contributed by atoms with Crippen molar-refractivity contribution in [2.24, 2.45) is 0 Å². The van der Waals surface area contributed by atoms with Crippen LogP contribution in [0.5, 0.6) is 5.75 Å². The highest BCUT2D eigenvalue weighted by atomic mass is 35.5. The summed E-state index contributed by atoms with van der Waals surface area (Å²) in [6.07, 6.45) is 1.61. The van der Waals surface area contributed by atoms with Crippen molar-refractivity contribution in [2.75, 3.05) is 11.9 Å². The first-order valence-corrected chi connectivity index (χ1v) is 6.70. The predicted octanol–water partition coefficient (Wildman–Crippen LogP) is 3.23. The second kappa shape index (κ2) is 5.85. The van der Waals surface area contributed by atoms with E-state index in [0.29, 0.717) is 16.5 Å². The molecule has 3 rings (SSSR count). The topological polar surface area (TPSA) is 67.0 Å². The van der Waals surface area contributed by atoms with E-state index in [1.54, 1.807) is 36.7 Å². The van der Waals surface area contributed by atoms with Crippen LogP contribution >= 0.6 is 11.6 Å². The zero-order valence-corrected chi connectivity index (χ0v) is 11.7. The van der Waals surface area contributed by atoms with E-state index in [1.165, 1.54) is 0 Å². The molecule has 0 unspecified atom stereocenters. The fraction of sp³-hybridized carbons (Fsp3) is 0.0667. The summed E-state index contributed by atoms with van der Waals surface area (Å²) in [6, 6.07) is 12.3. The molecule has 3 aromatic rings. The van der Waals surface area contributed by atoms with Gasteiger partial charge in [-0.1, -0.05) is 11.6 Å². The number of anilines is 1. The number of carbonyl (C=O) groups is 1. The van der Waals surface area contributed by atoms with Gasteiger partial charge in [-0.2, -0.15) is 0 Å². The molecule has 0 saturated heterocycles. The van der Waals surface area contributed by atoms with Crippen LogP contribution in [0.2, 0.25) is 5.02 Å². The molecule has 2 N–H and O–H groups in total. The zero-order valence-electron chi connectivity index (χ0n) is 11.0. The van der Waals surface area contributed by atoms with Crippen LogP contribution in [0.15, 0.2) is 48.8 Å². The largest absolute Gasteiger partial charge is 0.484 e. The minimum absolute atomic E-state index is 0.0668. The fourth-order valence-electron chi connectivity index (χ4n) is 1.89. The number of nitrogens with zero attached hydrogens (tertiary/aromatic N) is 1. The lowest BCUT2D eigenvalue weighted by molar-refractivity contribution is -0.118. The molecular weight excluding hydrogens is 290 g/mol. The van der Waals surface area contributed by atoms with Gasteiger partial charge in [0.2, 0.25) is 0 Å². The molecule has 1 aromatic heterocycles. The average molecular weight is 302 g/mol. The van der Waals surface area contributed by atoms with Gasteiger partial charge in [-0.05, 0) is 42.5 Å². The molecule has 2 aromatic carbocycles. The number of aromatic amines is 1. The molecule has 0 saturated carbocycles. The van der Waals surface area contributed by atoms with Gasteiger partial charge in [-0.15, -0.1) is 0 Å². The smallest absolute Gasteiger partial charge is 0.262 e. The number of rotatable bonds is 4. The molecule has 0 fully saturated rings. The van der Waals surface area contributed by atoms with Crippen molar-refractivity contribution in [3.63, 3.8) is 0 Å². The van der Waals surface area contributed by atoms with Crippen LogP contribution in [0.25, 0.3) is 11.0 Å². The van der Waals surface area contributed by atoms with Gasteiger partial charge in [0.15, 0.2) is 6.61 Å². The molecule has 0 atom stereocenters. The number of benzene rings is 2. The number of halogens is 1. The van der Waals surface area contributed by atoms with E-state index in [1.807, 2.05) is 12.1 Å². The van der Waals surface area contributed by atoms with Crippen molar-refractivity contribution >= 4 is 34.2 Å². The number of ether oxygens (including phenoxy) is 1. The third-order valence-corrected chi connectivity index (χ3v) is 3.14. The minimum atomic E-state index is -0.233. The maximum Gasteiger partial charge on any atom is 0.262 e. The minimum Gasteiger partial charge on any atom is -0.484 e.